The first-order valence-corrected chi connectivity index (χ1v) is 7.10. The standard InChI is InChI=1S/C13H21BrN2/c1-4-12(5-2)16(9-7-14)13-6-8-15-11(3)10-13/h6,8,10,12H,4-5,7,9H2,1-3H3. The molecule has 2 nitrogen and oxygen atoms in total. The van der Waals surface area contributed by atoms with Crippen LogP contribution in [-0.2, 0) is 0 Å². The molecule has 0 fully saturated rings. The van der Waals surface area contributed by atoms with Crippen molar-refractivity contribution in [2.45, 2.75) is 39.7 Å². The summed E-state index contributed by atoms with van der Waals surface area (Å²) in [5, 5.41) is 1.00. The van der Waals surface area contributed by atoms with E-state index in [9.17, 15) is 0 Å². The molecule has 1 aromatic rings. The molecule has 0 saturated heterocycles. The highest BCUT2D eigenvalue weighted by Gasteiger charge is 2.14. The highest BCUT2D eigenvalue weighted by Crippen LogP contribution is 2.20. The van der Waals surface area contributed by atoms with E-state index >= 15 is 0 Å². The fraction of sp³-hybridized carbons (Fsp3) is 0.615. The van der Waals surface area contributed by atoms with E-state index in [1.807, 2.05) is 13.1 Å². The zero-order chi connectivity index (χ0) is 12.0. The van der Waals surface area contributed by atoms with Crippen LogP contribution in [0.15, 0.2) is 18.3 Å². The quantitative estimate of drug-likeness (QED) is 0.739. The largest absolute Gasteiger partial charge is 0.368 e. The van der Waals surface area contributed by atoms with E-state index in [1.165, 1.54) is 18.5 Å². The predicted octanol–water partition coefficient (Wildman–Crippen LogP) is 3.78. The summed E-state index contributed by atoms with van der Waals surface area (Å²) < 4.78 is 0. The summed E-state index contributed by atoms with van der Waals surface area (Å²) in [4.78, 5) is 6.73. The van der Waals surface area contributed by atoms with Crippen molar-refractivity contribution in [1.29, 1.82) is 0 Å². The Balaban J connectivity index is 2.91. The number of aromatic nitrogens is 1. The van der Waals surface area contributed by atoms with Gasteiger partial charge in [0, 0.05) is 35.5 Å². The van der Waals surface area contributed by atoms with Crippen molar-refractivity contribution < 1.29 is 0 Å². The topological polar surface area (TPSA) is 16.1 Å². The average Bonchev–Trinajstić information content (AvgIpc) is 2.29. The van der Waals surface area contributed by atoms with Gasteiger partial charge in [0.1, 0.15) is 0 Å². The molecule has 0 amide bonds. The molecular weight excluding hydrogens is 264 g/mol. The van der Waals surface area contributed by atoms with Gasteiger partial charge in [-0.1, -0.05) is 29.8 Å². The number of pyridine rings is 1. The van der Waals surface area contributed by atoms with Gasteiger partial charge >= 0.3 is 0 Å². The van der Waals surface area contributed by atoms with Gasteiger partial charge in [0.05, 0.1) is 0 Å². The average molecular weight is 285 g/mol. The van der Waals surface area contributed by atoms with E-state index in [1.54, 1.807) is 0 Å². The Morgan fingerprint density at radius 2 is 2.06 bits per heavy atom. The molecule has 0 atom stereocenters. The second kappa shape index (κ2) is 6.89. The summed E-state index contributed by atoms with van der Waals surface area (Å²) in [5.41, 5.74) is 2.38. The Hall–Kier alpha value is -0.570. The summed E-state index contributed by atoms with van der Waals surface area (Å²) in [7, 11) is 0. The van der Waals surface area contributed by atoms with E-state index in [-0.39, 0.29) is 0 Å². The molecule has 0 bridgehead atoms. The lowest BCUT2D eigenvalue weighted by atomic mass is 10.1. The molecule has 1 aromatic heterocycles. The van der Waals surface area contributed by atoms with Crippen molar-refractivity contribution >= 4 is 21.6 Å². The van der Waals surface area contributed by atoms with Crippen molar-refractivity contribution in [3.63, 3.8) is 0 Å². The maximum absolute atomic E-state index is 4.25. The van der Waals surface area contributed by atoms with Crippen LogP contribution in [0.2, 0.25) is 0 Å². The first-order valence-electron chi connectivity index (χ1n) is 5.98. The number of anilines is 1. The van der Waals surface area contributed by atoms with E-state index in [0.29, 0.717) is 6.04 Å². The molecule has 0 aromatic carbocycles. The lowest BCUT2D eigenvalue weighted by molar-refractivity contribution is 0.568. The molecule has 0 radical (unpaired) electrons. The van der Waals surface area contributed by atoms with E-state index in [2.05, 4.69) is 51.8 Å². The van der Waals surface area contributed by atoms with Crippen molar-refractivity contribution in [1.82, 2.24) is 4.98 Å². The molecule has 0 aliphatic carbocycles. The smallest absolute Gasteiger partial charge is 0.0402 e. The van der Waals surface area contributed by atoms with E-state index in [0.717, 1.165) is 17.6 Å². The van der Waals surface area contributed by atoms with Crippen LogP contribution in [-0.4, -0.2) is 22.9 Å². The third-order valence-corrected chi connectivity index (χ3v) is 3.28. The Labute approximate surface area is 107 Å². The van der Waals surface area contributed by atoms with Crippen LogP contribution in [0.1, 0.15) is 32.4 Å². The Morgan fingerprint density at radius 1 is 1.38 bits per heavy atom. The predicted molar refractivity (Wildman–Crippen MR) is 74.5 cm³/mol. The van der Waals surface area contributed by atoms with Gasteiger partial charge in [0.25, 0.3) is 0 Å². The fourth-order valence-electron chi connectivity index (χ4n) is 2.05. The highest BCUT2D eigenvalue weighted by atomic mass is 79.9. The van der Waals surface area contributed by atoms with Gasteiger partial charge in [-0.15, -0.1) is 0 Å². The van der Waals surface area contributed by atoms with Crippen LogP contribution in [0, 0.1) is 6.92 Å². The summed E-state index contributed by atoms with van der Waals surface area (Å²) in [6.07, 6.45) is 4.27. The first kappa shape index (κ1) is 13.5. The Kier molecular flexibility index (Phi) is 5.81. The molecule has 0 aliphatic heterocycles. The van der Waals surface area contributed by atoms with E-state index < -0.39 is 0 Å². The number of alkyl halides is 1. The SMILES string of the molecule is CCC(CC)N(CCBr)c1ccnc(C)c1. The van der Waals surface area contributed by atoms with Crippen LogP contribution in [0.25, 0.3) is 0 Å². The van der Waals surface area contributed by atoms with Crippen molar-refractivity contribution in [3.8, 4) is 0 Å². The molecule has 3 heteroatoms. The minimum atomic E-state index is 0.624. The Bertz CT molecular complexity index is 311. The molecule has 0 N–H and O–H groups in total. The third kappa shape index (κ3) is 3.48. The maximum Gasteiger partial charge on any atom is 0.0402 e. The molecule has 1 heterocycles. The molecule has 0 aliphatic rings. The molecule has 1 rings (SSSR count). The summed E-state index contributed by atoms with van der Waals surface area (Å²) in [6, 6.07) is 4.90. The number of hydrogen-bond acceptors (Lipinski definition) is 2. The molecule has 16 heavy (non-hydrogen) atoms. The fourth-order valence-corrected chi connectivity index (χ4v) is 2.43. The molecule has 90 valence electrons. The minimum Gasteiger partial charge on any atom is -0.368 e. The normalized spacial score (nSPS) is 10.8. The van der Waals surface area contributed by atoms with Gasteiger partial charge in [0.15, 0.2) is 0 Å². The molecular formula is C13H21BrN2. The zero-order valence-corrected chi connectivity index (χ0v) is 12.0. The second-order valence-electron chi connectivity index (χ2n) is 4.01. The maximum atomic E-state index is 4.25. The first-order chi connectivity index (χ1) is 7.72. The number of hydrogen-bond donors (Lipinski definition) is 0. The number of aryl methyl sites for hydroxylation is 1. The van der Waals surface area contributed by atoms with Crippen molar-refractivity contribution in [3.05, 3.63) is 24.0 Å². The van der Waals surface area contributed by atoms with Gasteiger partial charge in [-0.2, -0.15) is 0 Å². The van der Waals surface area contributed by atoms with Crippen molar-refractivity contribution in [2.24, 2.45) is 0 Å². The van der Waals surface area contributed by atoms with Gasteiger partial charge < -0.3 is 4.90 Å². The van der Waals surface area contributed by atoms with Crippen LogP contribution in [0.4, 0.5) is 5.69 Å². The van der Waals surface area contributed by atoms with E-state index in [4.69, 9.17) is 0 Å². The monoisotopic (exact) mass is 284 g/mol. The number of nitrogens with zero attached hydrogens (tertiary/aromatic N) is 2. The number of halogens is 1. The van der Waals surface area contributed by atoms with Gasteiger partial charge in [-0.25, -0.2) is 0 Å². The minimum absolute atomic E-state index is 0.624. The highest BCUT2D eigenvalue weighted by molar-refractivity contribution is 9.09. The van der Waals surface area contributed by atoms with Crippen molar-refractivity contribution in [2.75, 3.05) is 16.8 Å². The van der Waals surface area contributed by atoms with Gasteiger partial charge in [-0.05, 0) is 31.9 Å². The molecule has 0 saturated carbocycles. The lowest BCUT2D eigenvalue weighted by Gasteiger charge is -2.32. The number of rotatable bonds is 6. The second-order valence-corrected chi connectivity index (χ2v) is 4.80. The molecule has 0 unspecified atom stereocenters. The summed E-state index contributed by atoms with van der Waals surface area (Å²) in [6.45, 7) is 7.60. The zero-order valence-electron chi connectivity index (χ0n) is 10.4. The molecule has 0 spiro atoms. The lowest BCUT2D eigenvalue weighted by Crippen LogP contribution is -2.36. The third-order valence-electron chi connectivity index (χ3n) is 2.92. The van der Waals surface area contributed by atoms with Crippen LogP contribution < -0.4 is 4.90 Å². The summed E-state index contributed by atoms with van der Waals surface area (Å²) >= 11 is 3.54. The summed E-state index contributed by atoms with van der Waals surface area (Å²) in [5.74, 6) is 0. The van der Waals surface area contributed by atoms with Crippen LogP contribution in [0.3, 0.4) is 0 Å². The van der Waals surface area contributed by atoms with Crippen LogP contribution in [0.5, 0.6) is 0 Å². The van der Waals surface area contributed by atoms with Crippen LogP contribution >= 0.6 is 15.9 Å². The van der Waals surface area contributed by atoms with Gasteiger partial charge in [0.2, 0.25) is 0 Å². The van der Waals surface area contributed by atoms with Gasteiger partial charge in [-0.3, -0.25) is 4.98 Å². The Morgan fingerprint density at radius 3 is 2.56 bits per heavy atom.